The average Bonchev–Trinajstić information content (AvgIpc) is 2.63. The van der Waals surface area contributed by atoms with Crippen molar-refractivity contribution in [1.82, 2.24) is 14.9 Å². The first kappa shape index (κ1) is 22.2. The molecule has 0 unspecified atom stereocenters. The summed E-state index contributed by atoms with van der Waals surface area (Å²) in [6, 6.07) is 2.72. The van der Waals surface area contributed by atoms with Gasteiger partial charge in [-0.05, 0) is 37.3 Å². The van der Waals surface area contributed by atoms with E-state index in [0.29, 0.717) is 45.0 Å². The van der Waals surface area contributed by atoms with E-state index < -0.39 is 27.6 Å². The lowest BCUT2D eigenvalue weighted by atomic mass is 9.98. The third kappa shape index (κ3) is 6.83. The van der Waals surface area contributed by atoms with E-state index in [1.807, 2.05) is 0 Å². The van der Waals surface area contributed by atoms with Crippen molar-refractivity contribution in [2.24, 2.45) is 5.92 Å². The second-order valence-electron chi connectivity index (χ2n) is 6.89. The van der Waals surface area contributed by atoms with E-state index in [1.54, 1.807) is 0 Å². The van der Waals surface area contributed by atoms with Gasteiger partial charge in [0.05, 0.1) is 11.8 Å². The van der Waals surface area contributed by atoms with Crippen LogP contribution in [0.25, 0.3) is 0 Å². The molecule has 28 heavy (non-hydrogen) atoms. The first-order valence-electron chi connectivity index (χ1n) is 9.12. The summed E-state index contributed by atoms with van der Waals surface area (Å²) < 4.78 is 50.7. The maximum atomic E-state index is 13.5. The standard InChI is InChI=1S/C18H25F2N3O4S/c1-28(26,27)23-9-6-13(7-10-23)12-22-17(24)3-2-8-21-18(25)15-5-4-14(19)11-16(15)20/h4-5,11,13H,2-3,6-10,12H2,1H3,(H,21,25)(H,22,24). The Morgan fingerprint density at radius 1 is 1.18 bits per heavy atom. The Bertz CT molecular complexity index is 809. The van der Waals surface area contributed by atoms with E-state index in [4.69, 9.17) is 0 Å². The normalized spacial score (nSPS) is 16.0. The molecule has 0 radical (unpaired) electrons. The smallest absolute Gasteiger partial charge is 0.254 e. The van der Waals surface area contributed by atoms with Crippen LogP contribution in [0, 0.1) is 17.6 Å². The molecule has 10 heteroatoms. The predicted octanol–water partition coefficient (Wildman–Crippen LogP) is 1.26. The Labute approximate surface area is 163 Å². The molecule has 2 amide bonds. The van der Waals surface area contributed by atoms with Gasteiger partial charge in [0.1, 0.15) is 11.6 Å². The second kappa shape index (κ2) is 9.92. The van der Waals surface area contributed by atoms with E-state index in [2.05, 4.69) is 10.6 Å². The maximum absolute atomic E-state index is 13.5. The summed E-state index contributed by atoms with van der Waals surface area (Å²) in [4.78, 5) is 23.7. The fraction of sp³-hybridized carbons (Fsp3) is 0.556. The van der Waals surface area contributed by atoms with E-state index >= 15 is 0 Å². The first-order valence-corrected chi connectivity index (χ1v) is 11.0. The van der Waals surface area contributed by atoms with E-state index in [1.165, 1.54) is 10.6 Å². The number of halogens is 2. The van der Waals surface area contributed by atoms with Crippen LogP contribution in [0.15, 0.2) is 18.2 Å². The quantitative estimate of drug-likeness (QED) is 0.623. The largest absolute Gasteiger partial charge is 0.356 e. The molecule has 0 bridgehead atoms. The van der Waals surface area contributed by atoms with Crippen LogP contribution in [-0.2, 0) is 14.8 Å². The van der Waals surface area contributed by atoms with Gasteiger partial charge in [0.2, 0.25) is 15.9 Å². The highest BCUT2D eigenvalue weighted by atomic mass is 32.2. The number of piperidine rings is 1. The molecule has 156 valence electrons. The summed E-state index contributed by atoms with van der Waals surface area (Å²) in [6.45, 7) is 1.61. The molecule has 2 N–H and O–H groups in total. The number of hydrogen-bond donors (Lipinski definition) is 2. The number of carbonyl (C=O) groups is 2. The van der Waals surface area contributed by atoms with Crippen molar-refractivity contribution in [2.75, 3.05) is 32.4 Å². The Morgan fingerprint density at radius 3 is 2.46 bits per heavy atom. The van der Waals surface area contributed by atoms with Crippen molar-refractivity contribution in [1.29, 1.82) is 0 Å². The Hall–Kier alpha value is -2.07. The van der Waals surface area contributed by atoms with Gasteiger partial charge in [-0.25, -0.2) is 21.5 Å². The Morgan fingerprint density at radius 2 is 1.86 bits per heavy atom. The number of amides is 2. The van der Waals surface area contributed by atoms with Crippen LogP contribution >= 0.6 is 0 Å². The summed E-state index contributed by atoms with van der Waals surface area (Å²) in [5.41, 5.74) is -0.244. The van der Waals surface area contributed by atoms with Crippen molar-refractivity contribution < 1.29 is 26.8 Å². The predicted molar refractivity (Wildman–Crippen MR) is 100 cm³/mol. The summed E-state index contributed by atoms with van der Waals surface area (Å²) in [6.07, 6.45) is 3.18. The van der Waals surface area contributed by atoms with Gasteiger partial charge < -0.3 is 10.6 Å². The Balaban J connectivity index is 1.61. The zero-order valence-electron chi connectivity index (χ0n) is 15.7. The molecule has 0 aliphatic carbocycles. The molecule has 1 aromatic carbocycles. The van der Waals surface area contributed by atoms with Crippen LogP contribution in [0.1, 0.15) is 36.0 Å². The number of carbonyl (C=O) groups excluding carboxylic acids is 2. The fourth-order valence-electron chi connectivity index (χ4n) is 3.01. The van der Waals surface area contributed by atoms with Crippen LogP contribution in [0.2, 0.25) is 0 Å². The number of sulfonamides is 1. The lowest BCUT2D eigenvalue weighted by molar-refractivity contribution is -0.121. The number of benzene rings is 1. The van der Waals surface area contributed by atoms with Crippen LogP contribution in [-0.4, -0.2) is 57.0 Å². The Kier molecular flexibility index (Phi) is 7.88. The number of nitrogens with one attached hydrogen (secondary N) is 2. The van der Waals surface area contributed by atoms with Gasteiger partial charge in [0.15, 0.2) is 0 Å². The van der Waals surface area contributed by atoms with E-state index in [0.717, 1.165) is 12.1 Å². The summed E-state index contributed by atoms with van der Waals surface area (Å²) in [5, 5.41) is 5.32. The van der Waals surface area contributed by atoms with Crippen molar-refractivity contribution in [3.63, 3.8) is 0 Å². The van der Waals surface area contributed by atoms with Crippen molar-refractivity contribution in [2.45, 2.75) is 25.7 Å². The van der Waals surface area contributed by atoms with Gasteiger partial charge in [0.25, 0.3) is 5.91 Å². The van der Waals surface area contributed by atoms with Crippen molar-refractivity contribution in [3.8, 4) is 0 Å². The minimum atomic E-state index is -3.16. The van der Waals surface area contributed by atoms with Gasteiger partial charge in [-0.1, -0.05) is 0 Å². The highest BCUT2D eigenvalue weighted by Gasteiger charge is 2.24. The zero-order chi connectivity index (χ0) is 20.7. The molecular weight excluding hydrogens is 392 g/mol. The number of rotatable bonds is 8. The SMILES string of the molecule is CS(=O)(=O)N1CCC(CNC(=O)CCCNC(=O)c2ccc(F)cc2F)CC1. The van der Waals surface area contributed by atoms with Gasteiger partial charge in [0, 0.05) is 38.7 Å². The number of nitrogens with zero attached hydrogens (tertiary/aromatic N) is 1. The molecule has 0 atom stereocenters. The zero-order valence-corrected chi connectivity index (χ0v) is 16.5. The van der Waals surface area contributed by atoms with Crippen LogP contribution in [0.5, 0.6) is 0 Å². The molecule has 1 fully saturated rings. The topological polar surface area (TPSA) is 95.6 Å². The molecule has 7 nitrogen and oxygen atoms in total. The minimum Gasteiger partial charge on any atom is -0.356 e. The third-order valence-electron chi connectivity index (χ3n) is 4.67. The molecule has 0 saturated carbocycles. The van der Waals surface area contributed by atoms with Gasteiger partial charge >= 0.3 is 0 Å². The van der Waals surface area contributed by atoms with E-state index in [9.17, 15) is 26.8 Å². The van der Waals surface area contributed by atoms with Gasteiger partial charge in [-0.2, -0.15) is 0 Å². The molecule has 1 heterocycles. The highest BCUT2D eigenvalue weighted by Crippen LogP contribution is 2.18. The summed E-state index contributed by atoms with van der Waals surface area (Å²) in [7, 11) is -3.16. The molecule has 0 spiro atoms. The van der Waals surface area contributed by atoms with Crippen molar-refractivity contribution in [3.05, 3.63) is 35.4 Å². The molecule has 2 rings (SSSR count). The van der Waals surface area contributed by atoms with Gasteiger partial charge in [-0.15, -0.1) is 0 Å². The average molecular weight is 417 g/mol. The van der Waals surface area contributed by atoms with Crippen LogP contribution < -0.4 is 10.6 Å². The molecular formula is C18H25F2N3O4S. The third-order valence-corrected chi connectivity index (χ3v) is 5.98. The van der Waals surface area contributed by atoms with Crippen LogP contribution in [0.4, 0.5) is 8.78 Å². The summed E-state index contributed by atoms with van der Waals surface area (Å²) in [5.74, 6) is -2.27. The van der Waals surface area contributed by atoms with Crippen molar-refractivity contribution >= 4 is 21.8 Å². The second-order valence-corrected chi connectivity index (χ2v) is 8.88. The lowest BCUT2D eigenvalue weighted by Crippen LogP contribution is -2.41. The first-order chi connectivity index (χ1) is 13.2. The maximum Gasteiger partial charge on any atom is 0.254 e. The monoisotopic (exact) mass is 417 g/mol. The highest BCUT2D eigenvalue weighted by molar-refractivity contribution is 7.88. The van der Waals surface area contributed by atoms with E-state index in [-0.39, 0.29) is 30.4 Å². The fourth-order valence-corrected chi connectivity index (χ4v) is 3.89. The van der Waals surface area contributed by atoms with Crippen LogP contribution in [0.3, 0.4) is 0 Å². The number of hydrogen-bond acceptors (Lipinski definition) is 4. The minimum absolute atomic E-state index is 0.159. The lowest BCUT2D eigenvalue weighted by Gasteiger charge is -2.30. The molecule has 1 aromatic rings. The molecule has 1 saturated heterocycles. The molecule has 1 aliphatic heterocycles. The molecule has 1 aliphatic rings. The molecule has 0 aromatic heterocycles. The van der Waals surface area contributed by atoms with Gasteiger partial charge in [-0.3, -0.25) is 9.59 Å². The summed E-state index contributed by atoms with van der Waals surface area (Å²) >= 11 is 0.